The quantitative estimate of drug-likeness (QED) is 0.221. The van der Waals surface area contributed by atoms with Crippen molar-refractivity contribution in [2.24, 2.45) is 15.7 Å². The molecule has 0 spiro atoms. The highest BCUT2D eigenvalue weighted by molar-refractivity contribution is 6.23. The van der Waals surface area contributed by atoms with Crippen LogP contribution < -0.4 is 15.9 Å². The molecule has 0 aromatic rings. The largest absolute Gasteiger partial charge is 0.369 e. The van der Waals surface area contributed by atoms with Crippen LogP contribution in [0.2, 0.25) is 0 Å². The Balaban J connectivity index is 4.23. The van der Waals surface area contributed by atoms with E-state index in [4.69, 9.17) is 17.5 Å². The zero-order chi connectivity index (χ0) is 15.4. The summed E-state index contributed by atoms with van der Waals surface area (Å²) in [7, 11) is 0. The molecule has 4 N–H and O–H groups in total. The van der Waals surface area contributed by atoms with Crippen LogP contribution in [0, 0.1) is 0 Å². The summed E-state index contributed by atoms with van der Waals surface area (Å²) in [5, 5.41) is 2.37. The number of nitrogens with two attached hydrogens (primary N) is 1. The first-order valence-electron chi connectivity index (χ1n) is 6.73. The van der Waals surface area contributed by atoms with Gasteiger partial charge in [-0.1, -0.05) is 39.2 Å². The SMILES string of the molecule is C=C(C)C(=O)NC(N)=NC(=NCCCCCCC)NCl. The molecule has 0 aliphatic rings. The number of carbonyl (C=O) groups excluding carboxylic acids is 1. The van der Waals surface area contributed by atoms with E-state index in [1.54, 1.807) is 6.92 Å². The molecular formula is C13H24ClN5O. The van der Waals surface area contributed by atoms with Crippen molar-refractivity contribution in [1.29, 1.82) is 0 Å². The Morgan fingerprint density at radius 1 is 1.30 bits per heavy atom. The third-order valence-corrected chi connectivity index (χ3v) is 2.63. The minimum absolute atomic E-state index is 0.0733. The van der Waals surface area contributed by atoms with Crippen LogP contribution in [-0.2, 0) is 4.79 Å². The predicted octanol–water partition coefficient (Wildman–Crippen LogP) is 2.06. The van der Waals surface area contributed by atoms with E-state index < -0.39 is 0 Å². The molecule has 1 amide bonds. The number of carbonyl (C=O) groups is 1. The van der Waals surface area contributed by atoms with E-state index in [2.05, 4.69) is 33.6 Å². The topological polar surface area (TPSA) is 91.9 Å². The third kappa shape index (κ3) is 9.38. The summed E-state index contributed by atoms with van der Waals surface area (Å²) in [5.74, 6) is -0.280. The first-order chi connectivity index (χ1) is 9.51. The monoisotopic (exact) mass is 301 g/mol. The summed E-state index contributed by atoms with van der Waals surface area (Å²) in [6.07, 6.45) is 5.74. The summed E-state index contributed by atoms with van der Waals surface area (Å²) in [6, 6.07) is 0. The van der Waals surface area contributed by atoms with E-state index in [9.17, 15) is 4.79 Å². The number of aliphatic imine (C=N–C) groups is 2. The summed E-state index contributed by atoms with van der Waals surface area (Å²) in [4.78, 5) is 21.7. The maximum absolute atomic E-state index is 11.3. The van der Waals surface area contributed by atoms with Crippen molar-refractivity contribution >= 4 is 29.6 Å². The Morgan fingerprint density at radius 3 is 2.50 bits per heavy atom. The Kier molecular flexibility index (Phi) is 10.4. The summed E-state index contributed by atoms with van der Waals surface area (Å²) in [6.45, 7) is 7.86. The number of halogens is 1. The number of unbranched alkanes of at least 4 members (excludes halogenated alkanes) is 4. The molecule has 20 heavy (non-hydrogen) atoms. The van der Waals surface area contributed by atoms with E-state index >= 15 is 0 Å². The normalized spacial score (nSPS) is 12.2. The van der Waals surface area contributed by atoms with E-state index in [-0.39, 0.29) is 17.8 Å². The first-order valence-corrected chi connectivity index (χ1v) is 7.11. The molecule has 0 aliphatic heterocycles. The van der Waals surface area contributed by atoms with Crippen LogP contribution in [0.3, 0.4) is 0 Å². The van der Waals surface area contributed by atoms with Gasteiger partial charge in [0.1, 0.15) is 0 Å². The Labute approximate surface area is 125 Å². The molecule has 6 nitrogen and oxygen atoms in total. The van der Waals surface area contributed by atoms with Crippen LogP contribution in [0.15, 0.2) is 22.1 Å². The van der Waals surface area contributed by atoms with Crippen molar-refractivity contribution in [3.05, 3.63) is 12.2 Å². The molecule has 114 valence electrons. The van der Waals surface area contributed by atoms with Crippen molar-refractivity contribution in [3.8, 4) is 0 Å². The van der Waals surface area contributed by atoms with Gasteiger partial charge in [-0.2, -0.15) is 4.99 Å². The minimum Gasteiger partial charge on any atom is -0.369 e. The zero-order valence-corrected chi connectivity index (χ0v) is 13.0. The number of hydrogen-bond donors (Lipinski definition) is 3. The molecular weight excluding hydrogens is 278 g/mol. The lowest BCUT2D eigenvalue weighted by Gasteiger charge is -2.04. The van der Waals surface area contributed by atoms with Gasteiger partial charge in [-0.3, -0.25) is 19.9 Å². The van der Waals surface area contributed by atoms with Crippen LogP contribution in [0.5, 0.6) is 0 Å². The fourth-order valence-electron chi connectivity index (χ4n) is 1.35. The van der Waals surface area contributed by atoms with Gasteiger partial charge in [-0.15, -0.1) is 0 Å². The zero-order valence-electron chi connectivity index (χ0n) is 12.2. The molecule has 0 atom stereocenters. The molecule has 0 heterocycles. The molecule has 0 aliphatic carbocycles. The van der Waals surface area contributed by atoms with E-state index in [1.165, 1.54) is 19.3 Å². The van der Waals surface area contributed by atoms with Crippen LogP contribution in [-0.4, -0.2) is 24.4 Å². The molecule has 0 aromatic heterocycles. The second kappa shape index (κ2) is 11.3. The number of nitrogens with zero attached hydrogens (tertiary/aromatic N) is 2. The van der Waals surface area contributed by atoms with Crippen molar-refractivity contribution in [2.45, 2.75) is 46.0 Å². The van der Waals surface area contributed by atoms with Gasteiger partial charge in [0.15, 0.2) is 0 Å². The Hall–Kier alpha value is -1.56. The molecule has 0 rings (SSSR count). The molecule has 0 radical (unpaired) electrons. The van der Waals surface area contributed by atoms with Gasteiger partial charge in [0.05, 0.1) is 0 Å². The second-order valence-corrected chi connectivity index (χ2v) is 4.63. The molecule has 0 unspecified atom stereocenters. The summed E-state index contributed by atoms with van der Waals surface area (Å²) >= 11 is 5.50. The lowest BCUT2D eigenvalue weighted by Crippen LogP contribution is -2.38. The lowest BCUT2D eigenvalue weighted by atomic mass is 10.2. The molecule has 0 bridgehead atoms. The predicted molar refractivity (Wildman–Crippen MR) is 84.6 cm³/mol. The number of hydrogen-bond acceptors (Lipinski definition) is 2. The summed E-state index contributed by atoms with van der Waals surface area (Å²) < 4.78 is 0. The van der Waals surface area contributed by atoms with Crippen LogP contribution in [0.25, 0.3) is 0 Å². The average molecular weight is 302 g/mol. The van der Waals surface area contributed by atoms with E-state index in [0.717, 1.165) is 12.8 Å². The Bertz CT molecular complexity index is 379. The number of amides is 1. The highest BCUT2D eigenvalue weighted by atomic mass is 35.5. The van der Waals surface area contributed by atoms with Gasteiger partial charge in [0.25, 0.3) is 5.91 Å². The van der Waals surface area contributed by atoms with Gasteiger partial charge in [-0.25, -0.2) is 0 Å². The van der Waals surface area contributed by atoms with Crippen molar-refractivity contribution < 1.29 is 4.79 Å². The highest BCUT2D eigenvalue weighted by Crippen LogP contribution is 2.02. The lowest BCUT2D eigenvalue weighted by molar-refractivity contribution is -0.116. The van der Waals surface area contributed by atoms with Crippen molar-refractivity contribution in [1.82, 2.24) is 10.2 Å². The smallest absolute Gasteiger partial charge is 0.252 e. The number of nitrogens with one attached hydrogen (secondary N) is 2. The van der Waals surface area contributed by atoms with Crippen LogP contribution >= 0.6 is 11.8 Å². The van der Waals surface area contributed by atoms with Crippen LogP contribution in [0.1, 0.15) is 46.0 Å². The van der Waals surface area contributed by atoms with E-state index in [1.807, 2.05) is 0 Å². The maximum atomic E-state index is 11.3. The average Bonchev–Trinajstić information content (AvgIpc) is 2.40. The van der Waals surface area contributed by atoms with Gasteiger partial charge in [-0.05, 0) is 13.3 Å². The molecule has 0 saturated carbocycles. The van der Waals surface area contributed by atoms with Gasteiger partial charge in [0, 0.05) is 23.9 Å². The minimum atomic E-state index is -0.389. The fraction of sp³-hybridized carbons (Fsp3) is 0.615. The Morgan fingerprint density at radius 2 is 1.95 bits per heavy atom. The molecule has 7 heteroatoms. The number of guanidine groups is 2. The second-order valence-electron chi connectivity index (χ2n) is 4.45. The molecule has 0 fully saturated rings. The molecule has 0 saturated heterocycles. The van der Waals surface area contributed by atoms with Gasteiger partial charge < -0.3 is 5.73 Å². The maximum Gasteiger partial charge on any atom is 0.252 e. The van der Waals surface area contributed by atoms with Gasteiger partial charge in [0.2, 0.25) is 11.9 Å². The summed E-state index contributed by atoms with van der Waals surface area (Å²) in [5.41, 5.74) is 5.90. The first kappa shape index (κ1) is 18.4. The van der Waals surface area contributed by atoms with Crippen molar-refractivity contribution in [2.75, 3.05) is 6.54 Å². The van der Waals surface area contributed by atoms with Crippen LogP contribution in [0.4, 0.5) is 0 Å². The highest BCUT2D eigenvalue weighted by Gasteiger charge is 2.04. The molecule has 0 aromatic carbocycles. The van der Waals surface area contributed by atoms with E-state index in [0.29, 0.717) is 12.1 Å². The fourth-order valence-corrected chi connectivity index (χ4v) is 1.45. The van der Waals surface area contributed by atoms with Crippen molar-refractivity contribution in [3.63, 3.8) is 0 Å². The standard InChI is InChI=1S/C13H24ClN5O/c1-4-5-6-7-8-9-16-13(19-14)18-12(15)17-11(20)10(2)3/h2,4-9H2,1,3H3,(H4,15,16,17,18,19,20). The van der Waals surface area contributed by atoms with Gasteiger partial charge >= 0.3 is 0 Å². The number of rotatable bonds is 7. The third-order valence-electron chi connectivity index (χ3n) is 2.46.